The summed E-state index contributed by atoms with van der Waals surface area (Å²) in [6, 6.07) is 0. The van der Waals surface area contributed by atoms with Crippen molar-refractivity contribution in [3.05, 3.63) is 11.8 Å². The van der Waals surface area contributed by atoms with Crippen molar-refractivity contribution in [2.24, 2.45) is 11.7 Å². The molecule has 1 fully saturated rings. The van der Waals surface area contributed by atoms with Gasteiger partial charge in [0.2, 0.25) is 11.8 Å². The summed E-state index contributed by atoms with van der Waals surface area (Å²) in [5.74, 6) is 2.35. The van der Waals surface area contributed by atoms with Crippen LogP contribution in [0.4, 0.5) is 0 Å². The minimum Gasteiger partial charge on any atom is -0.425 e. The molecule has 1 aliphatic rings. The monoisotopic (exact) mass is 209 g/mol. The molecular weight excluding hydrogens is 190 g/mol. The molecule has 4 nitrogen and oxygen atoms in total. The molecule has 15 heavy (non-hydrogen) atoms. The Hall–Kier alpha value is -0.900. The van der Waals surface area contributed by atoms with Crippen molar-refractivity contribution in [3.63, 3.8) is 0 Å². The maximum atomic E-state index is 5.48. The third-order valence-electron chi connectivity index (χ3n) is 3.11. The van der Waals surface area contributed by atoms with Crippen molar-refractivity contribution in [1.82, 2.24) is 10.2 Å². The molecule has 0 atom stereocenters. The van der Waals surface area contributed by atoms with Gasteiger partial charge < -0.3 is 10.2 Å². The predicted octanol–water partition coefficient (Wildman–Crippen LogP) is 1.69. The quantitative estimate of drug-likeness (QED) is 0.801. The molecule has 0 spiro atoms. The molecule has 0 bridgehead atoms. The van der Waals surface area contributed by atoms with E-state index >= 15 is 0 Å². The van der Waals surface area contributed by atoms with Crippen LogP contribution in [0.15, 0.2) is 4.42 Å². The van der Waals surface area contributed by atoms with E-state index in [1.54, 1.807) is 0 Å². The van der Waals surface area contributed by atoms with E-state index in [-0.39, 0.29) is 0 Å². The molecular formula is C11H19N3O. The van der Waals surface area contributed by atoms with Crippen LogP contribution in [-0.4, -0.2) is 16.7 Å². The zero-order valence-electron chi connectivity index (χ0n) is 9.11. The Bertz CT molecular complexity index is 292. The molecule has 0 radical (unpaired) electrons. The molecule has 2 N–H and O–H groups in total. The van der Waals surface area contributed by atoms with Crippen LogP contribution in [0.5, 0.6) is 0 Å². The zero-order chi connectivity index (χ0) is 10.5. The Morgan fingerprint density at radius 1 is 1.13 bits per heavy atom. The number of nitrogens with zero attached hydrogens (tertiary/aromatic N) is 2. The van der Waals surface area contributed by atoms with Gasteiger partial charge >= 0.3 is 0 Å². The van der Waals surface area contributed by atoms with Crippen molar-refractivity contribution in [2.75, 3.05) is 6.54 Å². The fourth-order valence-electron chi connectivity index (χ4n) is 2.24. The summed E-state index contributed by atoms with van der Waals surface area (Å²) >= 11 is 0. The summed E-state index contributed by atoms with van der Waals surface area (Å²) < 4.78 is 5.48. The third-order valence-corrected chi connectivity index (χ3v) is 3.11. The highest BCUT2D eigenvalue weighted by atomic mass is 16.4. The van der Waals surface area contributed by atoms with Gasteiger partial charge in [0.15, 0.2) is 0 Å². The number of aromatic nitrogens is 2. The summed E-state index contributed by atoms with van der Waals surface area (Å²) in [4.78, 5) is 0. The first-order chi connectivity index (χ1) is 7.38. The summed E-state index contributed by atoms with van der Waals surface area (Å²) in [7, 11) is 0. The van der Waals surface area contributed by atoms with Gasteiger partial charge in [-0.15, -0.1) is 10.2 Å². The van der Waals surface area contributed by atoms with Crippen molar-refractivity contribution >= 4 is 0 Å². The van der Waals surface area contributed by atoms with Gasteiger partial charge in [0.1, 0.15) is 0 Å². The van der Waals surface area contributed by atoms with Crippen molar-refractivity contribution < 1.29 is 4.42 Å². The Balaban J connectivity index is 1.77. The predicted molar refractivity (Wildman–Crippen MR) is 57.3 cm³/mol. The Morgan fingerprint density at radius 3 is 2.47 bits per heavy atom. The van der Waals surface area contributed by atoms with Gasteiger partial charge in [-0.25, -0.2) is 0 Å². The van der Waals surface area contributed by atoms with E-state index in [1.807, 2.05) is 0 Å². The molecule has 84 valence electrons. The summed E-state index contributed by atoms with van der Waals surface area (Å²) in [5, 5.41) is 7.98. The Kier molecular flexibility index (Phi) is 3.72. The molecule has 4 heteroatoms. The zero-order valence-corrected chi connectivity index (χ0v) is 9.11. The molecule has 2 rings (SSSR count). The topological polar surface area (TPSA) is 64.9 Å². The van der Waals surface area contributed by atoms with Gasteiger partial charge in [0.25, 0.3) is 0 Å². The molecule has 1 aliphatic carbocycles. The number of aryl methyl sites for hydroxylation is 1. The van der Waals surface area contributed by atoms with Gasteiger partial charge in [-0.3, -0.25) is 0 Å². The van der Waals surface area contributed by atoms with E-state index in [9.17, 15) is 0 Å². The van der Waals surface area contributed by atoms with Crippen LogP contribution in [-0.2, 0) is 12.8 Å². The van der Waals surface area contributed by atoms with Crippen LogP contribution in [0.3, 0.4) is 0 Å². The maximum absolute atomic E-state index is 5.48. The fraction of sp³-hybridized carbons (Fsp3) is 0.818. The van der Waals surface area contributed by atoms with Crippen molar-refractivity contribution in [3.8, 4) is 0 Å². The lowest BCUT2D eigenvalue weighted by atomic mass is 10.0. The second-order valence-electron chi connectivity index (χ2n) is 4.32. The first-order valence-corrected chi connectivity index (χ1v) is 5.90. The number of nitrogens with two attached hydrogens (primary N) is 1. The van der Waals surface area contributed by atoms with Crippen LogP contribution in [0.25, 0.3) is 0 Å². The third kappa shape index (κ3) is 3.02. The minimum absolute atomic E-state index is 0.574. The lowest BCUT2D eigenvalue weighted by Gasteiger charge is -2.04. The van der Waals surface area contributed by atoms with Crippen molar-refractivity contribution in [2.45, 2.75) is 44.9 Å². The highest BCUT2D eigenvalue weighted by Crippen LogP contribution is 2.28. The smallest absolute Gasteiger partial charge is 0.217 e. The number of hydrogen-bond acceptors (Lipinski definition) is 4. The lowest BCUT2D eigenvalue weighted by Crippen LogP contribution is -2.02. The van der Waals surface area contributed by atoms with Crippen LogP contribution >= 0.6 is 0 Å². The largest absolute Gasteiger partial charge is 0.425 e. The number of rotatable bonds is 5. The van der Waals surface area contributed by atoms with Crippen LogP contribution in [0.2, 0.25) is 0 Å². The van der Waals surface area contributed by atoms with Gasteiger partial charge in [0, 0.05) is 19.4 Å². The van der Waals surface area contributed by atoms with E-state index in [2.05, 4.69) is 10.2 Å². The molecule has 0 saturated heterocycles. The second-order valence-corrected chi connectivity index (χ2v) is 4.32. The molecule has 1 aromatic heterocycles. The summed E-state index contributed by atoms with van der Waals surface area (Å²) in [6.45, 7) is 0.574. The van der Waals surface area contributed by atoms with Gasteiger partial charge in [0.05, 0.1) is 0 Å². The summed E-state index contributed by atoms with van der Waals surface area (Å²) in [5.41, 5.74) is 5.42. The molecule has 1 saturated carbocycles. The van der Waals surface area contributed by atoms with E-state index < -0.39 is 0 Å². The lowest BCUT2D eigenvalue weighted by molar-refractivity contribution is 0.416. The molecule has 0 aliphatic heterocycles. The number of hydrogen-bond donors (Lipinski definition) is 1. The molecule has 0 unspecified atom stereocenters. The van der Waals surface area contributed by atoms with Gasteiger partial charge in [-0.1, -0.05) is 25.7 Å². The fourth-order valence-corrected chi connectivity index (χ4v) is 2.24. The molecule has 1 heterocycles. The average molecular weight is 209 g/mol. The summed E-state index contributed by atoms with van der Waals surface area (Å²) in [6.07, 6.45) is 8.37. The normalized spacial score (nSPS) is 17.4. The highest BCUT2D eigenvalue weighted by molar-refractivity contribution is 4.83. The van der Waals surface area contributed by atoms with Crippen LogP contribution in [0, 0.1) is 5.92 Å². The first kappa shape index (κ1) is 10.6. The maximum Gasteiger partial charge on any atom is 0.217 e. The molecule has 0 aromatic carbocycles. The highest BCUT2D eigenvalue weighted by Gasteiger charge is 2.16. The SMILES string of the molecule is NCCc1nnc(CCC2CCCC2)o1. The van der Waals surface area contributed by atoms with Gasteiger partial charge in [-0.2, -0.15) is 0 Å². The average Bonchev–Trinajstić information content (AvgIpc) is 2.85. The van der Waals surface area contributed by atoms with Gasteiger partial charge in [-0.05, 0) is 12.3 Å². The van der Waals surface area contributed by atoms with E-state index in [0.717, 1.165) is 18.2 Å². The molecule has 1 aromatic rings. The first-order valence-electron chi connectivity index (χ1n) is 5.90. The van der Waals surface area contributed by atoms with E-state index in [1.165, 1.54) is 32.1 Å². The van der Waals surface area contributed by atoms with Crippen LogP contribution in [0.1, 0.15) is 43.9 Å². The second kappa shape index (κ2) is 5.26. The standard InChI is InChI=1S/C11H19N3O/c12-8-7-11-14-13-10(15-11)6-5-9-3-1-2-4-9/h9H,1-8,12H2. The minimum atomic E-state index is 0.574. The Labute approximate surface area is 90.3 Å². The van der Waals surface area contributed by atoms with Crippen molar-refractivity contribution in [1.29, 1.82) is 0 Å². The Morgan fingerprint density at radius 2 is 1.80 bits per heavy atom. The van der Waals surface area contributed by atoms with Crippen LogP contribution < -0.4 is 5.73 Å². The molecule has 0 amide bonds. The van der Waals surface area contributed by atoms with E-state index in [4.69, 9.17) is 10.2 Å². The van der Waals surface area contributed by atoms with E-state index in [0.29, 0.717) is 18.9 Å².